The maximum Gasteiger partial charge on any atom is 0.251 e. The van der Waals surface area contributed by atoms with Gasteiger partial charge in [-0.05, 0) is 31.5 Å². The Bertz CT molecular complexity index is 678. The summed E-state index contributed by atoms with van der Waals surface area (Å²) in [5, 5.41) is 5.61. The summed E-state index contributed by atoms with van der Waals surface area (Å²) in [5.74, 6) is -0.289. The van der Waals surface area contributed by atoms with Gasteiger partial charge in [-0.2, -0.15) is 0 Å². The van der Waals surface area contributed by atoms with Crippen LogP contribution >= 0.6 is 24.8 Å². The number of rotatable bonds is 8. The standard InChI is InChI=1S/C17H23N5O2.2ClH/c1-13(18)5-7-20-17(24)14-3-2-4-15(11-14)21-16(23)6-9-22-10-8-19-12-22;;/h2-4,8,10-13H,5-7,9,18H2,1H3,(H,20,24)(H,21,23);2*1H. The van der Waals surface area contributed by atoms with Gasteiger partial charge in [0.05, 0.1) is 6.33 Å². The van der Waals surface area contributed by atoms with Crippen LogP contribution in [-0.4, -0.2) is 34.0 Å². The molecule has 0 aliphatic rings. The summed E-state index contributed by atoms with van der Waals surface area (Å²) in [4.78, 5) is 28.0. The van der Waals surface area contributed by atoms with E-state index in [1.54, 1.807) is 43.0 Å². The molecule has 144 valence electrons. The van der Waals surface area contributed by atoms with E-state index >= 15 is 0 Å². The van der Waals surface area contributed by atoms with E-state index in [1.807, 2.05) is 11.5 Å². The molecule has 0 aliphatic carbocycles. The maximum absolute atomic E-state index is 12.1. The number of anilines is 1. The molecule has 1 aromatic carbocycles. The molecule has 0 saturated carbocycles. The Morgan fingerprint density at radius 3 is 2.73 bits per heavy atom. The number of carbonyl (C=O) groups is 2. The Balaban J connectivity index is 0.00000312. The zero-order valence-electron chi connectivity index (χ0n) is 14.6. The molecule has 0 fully saturated rings. The van der Waals surface area contributed by atoms with Crippen LogP contribution in [-0.2, 0) is 11.3 Å². The van der Waals surface area contributed by atoms with Crippen molar-refractivity contribution in [3.05, 3.63) is 48.5 Å². The van der Waals surface area contributed by atoms with Crippen LogP contribution < -0.4 is 16.4 Å². The molecule has 1 unspecified atom stereocenters. The fourth-order valence-corrected chi connectivity index (χ4v) is 2.13. The summed E-state index contributed by atoms with van der Waals surface area (Å²) >= 11 is 0. The largest absolute Gasteiger partial charge is 0.352 e. The number of nitrogens with two attached hydrogens (primary N) is 1. The fraction of sp³-hybridized carbons (Fsp3) is 0.353. The first kappa shape index (κ1) is 23.9. The second-order valence-corrected chi connectivity index (χ2v) is 5.70. The highest BCUT2D eigenvalue weighted by molar-refractivity contribution is 5.97. The average molecular weight is 402 g/mol. The van der Waals surface area contributed by atoms with Crippen molar-refractivity contribution in [1.82, 2.24) is 14.9 Å². The number of carbonyl (C=O) groups excluding carboxylic acids is 2. The van der Waals surface area contributed by atoms with E-state index in [-0.39, 0.29) is 42.7 Å². The van der Waals surface area contributed by atoms with Crippen molar-refractivity contribution in [2.24, 2.45) is 5.73 Å². The lowest BCUT2D eigenvalue weighted by Crippen LogP contribution is -2.29. The topological polar surface area (TPSA) is 102 Å². The van der Waals surface area contributed by atoms with Gasteiger partial charge in [-0.25, -0.2) is 4.98 Å². The Morgan fingerprint density at radius 2 is 2.08 bits per heavy atom. The molecule has 2 rings (SSSR count). The third kappa shape index (κ3) is 8.33. The molecule has 0 bridgehead atoms. The molecule has 4 N–H and O–H groups in total. The van der Waals surface area contributed by atoms with E-state index in [0.717, 1.165) is 6.42 Å². The number of aryl methyl sites for hydroxylation is 1. The lowest BCUT2D eigenvalue weighted by molar-refractivity contribution is -0.116. The first-order valence-electron chi connectivity index (χ1n) is 7.94. The van der Waals surface area contributed by atoms with Crippen LogP contribution in [0.3, 0.4) is 0 Å². The summed E-state index contributed by atoms with van der Waals surface area (Å²) in [7, 11) is 0. The van der Waals surface area contributed by atoms with E-state index in [9.17, 15) is 9.59 Å². The molecule has 0 spiro atoms. The molecule has 1 atom stereocenters. The normalized spacial score (nSPS) is 10.8. The predicted octanol–water partition coefficient (Wildman–Crippen LogP) is 2.22. The van der Waals surface area contributed by atoms with Crippen LogP contribution in [0.2, 0.25) is 0 Å². The number of hydrogen-bond acceptors (Lipinski definition) is 4. The molecule has 9 heteroatoms. The summed E-state index contributed by atoms with van der Waals surface area (Å²) < 4.78 is 1.84. The molecule has 0 radical (unpaired) electrons. The third-order valence-corrected chi connectivity index (χ3v) is 3.45. The Labute approximate surface area is 165 Å². The Hall–Kier alpha value is -2.09. The van der Waals surface area contributed by atoms with E-state index in [1.165, 1.54) is 0 Å². The van der Waals surface area contributed by atoms with Gasteiger partial charge < -0.3 is 20.9 Å². The van der Waals surface area contributed by atoms with Gasteiger partial charge in [0.15, 0.2) is 0 Å². The summed E-state index contributed by atoms with van der Waals surface area (Å²) in [5.41, 5.74) is 6.76. The number of imidazole rings is 1. The van der Waals surface area contributed by atoms with E-state index in [4.69, 9.17) is 5.73 Å². The van der Waals surface area contributed by atoms with Crippen molar-refractivity contribution in [2.75, 3.05) is 11.9 Å². The van der Waals surface area contributed by atoms with Crippen molar-refractivity contribution in [3.63, 3.8) is 0 Å². The smallest absolute Gasteiger partial charge is 0.251 e. The van der Waals surface area contributed by atoms with Crippen LogP contribution in [0, 0.1) is 0 Å². The van der Waals surface area contributed by atoms with Crippen LogP contribution in [0.4, 0.5) is 5.69 Å². The van der Waals surface area contributed by atoms with Crippen LogP contribution in [0.5, 0.6) is 0 Å². The van der Waals surface area contributed by atoms with Gasteiger partial charge in [-0.3, -0.25) is 9.59 Å². The molecular weight excluding hydrogens is 377 g/mol. The van der Waals surface area contributed by atoms with Crippen molar-refractivity contribution in [1.29, 1.82) is 0 Å². The monoisotopic (exact) mass is 401 g/mol. The first-order valence-corrected chi connectivity index (χ1v) is 7.94. The van der Waals surface area contributed by atoms with Crippen molar-refractivity contribution < 1.29 is 9.59 Å². The number of aromatic nitrogens is 2. The molecular formula is C17H25Cl2N5O2. The van der Waals surface area contributed by atoms with Gasteiger partial charge in [0.25, 0.3) is 5.91 Å². The van der Waals surface area contributed by atoms with Crippen molar-refractivity contribution in [3.8, 4) is 0 Å². The predicted molar refractivity (Wildman–Crippen MR) is 107 cm³/mol. The molecule has 1 aromatic heterocycles. The number of benzene rings is 1. The van der Waals surface area contributed by atoms with Crippen LogP contribution in [0.15, 0.2) is 43.0 Å². The van der Waals surface area contributed by atoms with Gasteiger partial charge in [0.1, 0.15) is 0 Å². The number of hydrogen-bond donors (Lipinski definition) is 3. The second kappa shape index (κ2) is 12.3. The number of nitrogens with zero attached hydrogens (tertiary/aromatic N) is 2. The highest BCUT2D eigenvalue weighted by Crippen LogP contribution is 2.11. The van der Waals surface area contributed by atoms with E-state index < -0.39 is 0 Å². The molecule has 2 amide bonds. The quantitative estimate of drug-likeness (QED) is 0.630. The number of nitrogens with one attached hydrogen (secondary N) is 2. The Kier molecular flexibility index (Phi) is 11.3. The molecule has 26 heavy (non-hydrogen) atoms. The minimum Gasteiger partial charge on any atom is -0.352 e. The van der Waals surface area contributed by atoms with Crippen LogP contribution in [0.1, 0.15) is 30.1 Å². The molecule has 0 saturated heterocycles. The minimum absolute atomic E-state index is 0. The van der Waals surface area contributed by atoms with Gasteiger partial charge in [0.2, 0.25) is 5.91 Å². The van der Waals surface area contributed by atoms with Crippen molar-refractivity contribution in [2.45, 2.75) is 32.4 Å². The SMILES string of the molecule is CC(N)CCNC(=O)c1cccc(NC(=O)CCn2ccnc2)c1.Cl.Cl. The zero-order chi connectivity index (χ0) is 17.4. The van der Waals surface area contributed by atoms with Gasteiger partial charge in [0, 0.05) is 49.2 Å². The highest BCUT2D eigenvalue weighted by Gasteiger charge is 2.08. The molecule has 2 aromatic rings. The van der Waals surface area contributed by atoms with Crippen molar-refractivity contribution >= 4 is 42.3 Å². The molecule has 7 nitrogen and oxygen atoms in total. The average Bonchev–Trinajstić information content (AvgIpc) is 3.06. The van der Waals surface area contributed by atoms with Gasteiger partial charge >= 0.3 is 0 Å². The summed E-state index contributed by atoms with van der Waals surface area (Å²) in [6.45, 7) is 2.98. The highest BCUT2D eigenvalue weighted by atomic mass is 35.5. The first-order chi connectivity index (χ1) is 11.5. The summed E-state index contributed by atoms with van der Waals surface area (Å²) in [6.07, 6.45) is 6.20. The third-order valence-electron chi connectivity index (χ3n) is 3.45. The minimum atomic E-state index is -0.176. The number of halogens is 2. The van der Waals surface area contributed by atoms with Gasteiger partial charge in [-0.15, -0.1) is 24.8 Å². The second-order valence-electron chi connectivity index (χ2n) is 5.70. The van der Waals surface area contributed by atoms with Gasteiger partial charge in [-0.1, -0.05) is 6.07 Å². The molecule has 0 aliphatic heterocycles. The Morgan fingerprint density at radius 1 is 1.31 bits per heavy atom. The lowest BCUT2D eigenvalue weighted by Gasteiger charge is -2.09. The fourth-order valence-electron chi connectivity index (χ4n) is 2.13. The van der Waals surface area contributed by atoms with E-state index in [2.05, 4.69) is 15.6 Å². The summed E-state index contributed by atoms with van der Waals surface area (Å²) in [6, 6.07) is 6.92. The van der Waals surface area contributed by atoms with E-state index in [0.29, 0.717) is 30.8 Å². The zero-order valence-corrected chi connectivity index (χ0v) is 16.2. The molecule has 1 heterocycles. The maximum atomic E-state index is 12.1. The lowest BCUT2D eigenvalue weighted by atomic mass is 10.1. The van der Waals surface area contributed by atoms with Crippen LogP contribution in [0.25, 0.3) is 0 Å². The number of amides is 2.